The topological polar surface area (TPSA) is 102 Å². The number of non-ortho nitro benzene ring substituents is 1. The van der Waals surface area contributed by atoms with Crippen LogP contribution in [-0.2, 0) is 4.79 Å². The minimum atomic E-state index is -0.497. The molecule has 0 radical (unpaired) electrons. The summed E-state index contributed by atoms with van der Waals surface area (Å²) in [5, 5.41) is 23.4. The van der Waals surface area contributed by atoms with Gasteiger partial charge in [0.05, 0.1) is 15.7 Å². The molecule has 0 aliphatic rings. The van der Waals surface area contributed by atoms with E-state index in [1.807, 2.05) is 41.7 Å². The number of hydrogen-bond acceptors (Lipinski definition) is 6. The Morgan fingerprint density at radius 2 is 1.97 bits per heavy atom. The van der Waals surface area contributed by atoms with E-state index in [0.29, 0.717) is 10.8 Å². The molecule has 29 heavy (non-hydrogen) atoms. The number of carbonyl (C=O) groups is 1. The molecule has 4 rings (SSSR count). The van der Waals surface area contributed by atoms with Crippen LogP contribution in [0.4, 0.5) is 11.4 Å². The number of nitro benzene ring substituents is 1. The lowest BCUT2D eigenvalue weighted by Crippen LogP contribution is -2.22. The lowest BCUT2D eigenvalue weighted by atomic mass is 10.1. The third-order valence-corrected chi connectivity index (χ3v) is 5.59. The van der Waals surface area contributed by atoms with Crippen LogP contribution in [0.5, 0.6) is 0 Å². The zero-order valence-electron chi connectivity index (χ0n) is 15.7. The minimum Gasteiger partial charge on any atom is -0.325 e. The van der Waals surface area contributed by atoms with Gasteiger partial charge in [-0.3, -0.25) is 19.3 Å². The molecule has 0 bridgehead atoms. The number of nitro groups is 1. The molecule has 2 aromatic carbocycles. The van der Waals surface area contributed by atoms with Crippen LogP contribution in [0.3, 0.4) is 0 Å². The zero-order chi connectivity index (χ0) is 20.5. The van der Waals surface area contributed by atoms with Gasteiger partial charge in [0.2, 0.25) is 5.91 Å². The molecule has 0 aliphatic carbocycles. The van der Waals surface area contributed by atoms with Crippen LogP contribution in [0.2, 0.25) is 0 Å². The fourth-order valence-corrected chi connectivity index (χ4v) is 3.97. The summed E-state index contributed by atoms with van der Waals surface area (Å²) in [6, 6.07) is 15.8. The van der Waals surface area contributed by atoms with Crippen LogP contribution in [0, 0.1) is 17.0 Å². The summed E-state index contributed by atoms with van der Waals surface area (Å²) in [4.78, 5) is 23.0. The van der Waals surface area contributed by atoms with Gasteiger partial charge in [0, 0.05) is 23.2 Å². The monoisotopic (exact) mass is 407 g/mol. The standard InChI is InChI=1S/C20H17N5O3S/c1-12-10-18-22-23-20(24(18)17-9-4-3-8-16(12)17)29-13(2)19(26)21-14-6-5-7-15(11-14)25(27)28/h3-11,13H,1-2H3,(H,21,26)/t13-/m0/s1. The Bertz CT molecular complexity index is 1250. The number of fused-ring (bicyclic) bond motifs is 3. The number of hydrogen-bond donors (Lipinski definition) is 1. The maximum Gasteiger partial charge on any atom is 0.271 e. The average molecular weight is 407 g/mol. The lowest BCUT2D eigenvalue weighted by Gasteiger charge is -2.12. The van der Waals surface area contributed by atoms with Crippen LogP contribution < -0.4 is 5.32 Å². The van der Waals surface area contributed by atoms with Gasteiger partial charge in [-0.25, -0.2) is 0 Å². The summed E-state index contributed by atoms with van der Waals surface area (Å²) < 4.78 is 1.93. The van der Waals surface area contributed by atoms with Gasteiger partial charge in [0.15, 0.2) is 10.8 Å². The van der Waals surface area contributed by atoms with E-state index in [0.717, 1.165) is 22.1 Å². The molecule has 1 N–H and O–H groups in total. The zero-order valence-corrected chi connectivity index (χ0v) is 16.5. The van der Waals surface area contributed by atoms with Crippen molar-refractivity contribution < 1.29 is 9.72 Å². The predicted octanol–water partition coefficient (Wildman–Crippen LogP) is 4.22. The first-order valence-electron chi connectivity index (χ1n) is 8.89. The van der Waals surface area contributed by atoms with Crippen molar-refractivity contribution in [3.05, 3.63) is 70.3 Å². The Kier molecular flexibility index (Phi) is 4.89. The number of aryl methyl sites for hydroxylation is 1. The number of benzene rings is 2. The maximum atomic E-state index is 12.6. The van der Waals surface area contributed by atoms with Crippen molar-refractivity contribution in [2.75, 3.05) is 5.32 Å². The first kappa shape index (κ1) is 18.9. The Hall–Kier alpha value is -3.46. The molecule has 4 aromatic rings. The molecule has 0 spiro atoms. The molecular weight excluding hydrogens is 390 g/mol. The quantitative estimate of drug-likeness (QED) is 0.302. The van der Waals surface area contributed by atoms with Gasteiger partial charge in [-0.05, 0) is 37.6 Å². The van der Waals surface area contributed by atoms with Crippen molar-refractivity contribution in [3.63, 3.8) is 0 Å². The molecule has 0 unspecified atom stereocenters. The molecule has 146 valence electrons. The van der Waals surface area contributed by atoms with E-state index >= 15 is 0 Å². The van der Waals surface area contributed by atoms with Crippen LogP contribution in [0.1, 0.15) is 12.5 Å². The predicted molar refractivity (Wildman–Crippen MR) is 112 cm³/mol. The third kappa shape index (κ3) is 3.64. The summed E-state index contributed by atoms with van der Waals surface area (Å²) in [5.41, 5.74) is 3.10. The maximum absolute atomic E-state index is 12.6. The largest absolute Gasteiger partial charge is 0.325 e. The summed E-state index contributed by atoms with van der Waals surface area (Å²) in [5.74, 6) is -0.274. The number of rotatable bonds is 5. The number of aromatic nitrogens is 3. The van der Waals surface area contributed by atoms with E-state index in [2.05, 4.69) is 15.5 Å². The van der Waals surface area contributed by atoms with Crippen molar-refractivity contribution in [3.8, 4) is 0 Å². The van der Waals surface area contributed by atoms with Crippen LogP contribution >= 0.6 is 11.8 Å². The summed E-state index contributed by atoms with van der Waals surface area (Å²) in [6.07, 6.45) is 0. The second-order valence-electron chi connectivity index (χ2n) is 6.58. The Morgan fingerprint density at radius 1 is 1.17 bits per heavy atom. The number of amides is 1. The van der Waals surface area contributed by atoms with Crippen molar-refractivity contribution in [1.29, 1.82) is 0 Å². The van der Waals surface area contributed by atoms with Gasteiger partial charge >= 0.3 is 0 Å². The number of nitrogens with one attached hydrogen (secondary N) is 1. The number of pyridine rings is 1. The highest BCUT2D eigenvalue weighted by Gasteiger charge is 2.20. The molecule has 9 heteroatoms. The van der Waals surface area contributed by atoms with E-state index in [-0.39, 0.29) is 11.6 Å². The molecule has 2 aromatic heterocycles. The van der Waals surface area contributed by atoms with E-state index in [1.54, 1.807) is 13.0 Å². The molecule has 2 heterocycles. The van der Waals surface area contributed by atoms with E-state index in [4.69, 9.17) is 0 Å². The average Bonchev–Trinajstić information content (AvgIpc) is 3.10. The Morgan fingerprint density at radius 3 is 2.76 bits per heavy atom. The molecule has 0 saturated carbocycles. The number of thioether (sulfide) groups is 1. The highest BCUT2D eigenvalue weighted by molar-refractivity contribution is 8.00. The van der Waals surface area contributed by atoms with Gasteiger partial charge in [0.25, 0.3) is 5.69 Å². The molecule has 1 amide bonds. The summed E-state index contributed by atoms with van der Waals surface area (Å²) in [7, 11) is 0. The number of anilines is 1. The van der Waals surface area contributed by atoms with Crippen molar-refractivity contribution in [2.45, 2.75) is 24.3 Å². The van der Waals surface area contributed by atoms with Crippen LogP contribution in [0.25, 0.3) is 16.6 Å². The number of carbonyl (C=O) groups excluding carboxylic acids is 1. The SMILES string of the molecule is Cc1cc2nnc(S[C@@H](C)C(=O)Nc3cccc([N+](=O)[O-])c3)n2c2ccccc12. The first-order valence-corrected chi connectivity index (χ1v) is 9.77. The molecule has 0 aliphatic heterocycles. The second kappa shape index (κ2) is 7.51. The fourth-order valence-electron chi connectivity index (χ4n) is 3.10. The fraction of sp³-hybridized carbons (Fsp3) is 0.150. The summed E-state index contributed by atoms with van der Waals surface area (Å²) in [6.45, 7) is 3.79. The van der Waals surface area contributed by atoms with Crippen molar-refractivity contribution in [2.24, 2.45) is 0 Å². The van der Waals surface area contributed by atoms with E-state index < -0.39 is 10.2 Å². The molecule has 0 fully saturated rings. The van der Waals surface area contributed by atoms with Gasteiger partial charge in [-0.2, -0.15) is 0 Å². The minimum absolute atomic E-state index is 0.0756. The normalized spacial score (nSPS) is 12.2. The van der Waals surface area contributed by atoms with Gasteiger partial charge in [0.1, 0.15) is 0 Å². The van der Waals surface area contributed by atoms with Gasteiger partial charge in [-0.1, -0.05) is 36.0 Å². The molecule has 1 atom stereocenters. The lowest BCUT2D eigenvalue weighted by molar-refractivity contribution is -0.384. The van der Waals surface area contributed by atoms with Gasteiger partial charge < -0.3 is 5.32 Å². The Balaban J connectivity index is 1.60. The van der Waals surface area contributed by atoms with Crippen LogP contribution in [-0.4, -0.2) is 30.7 Å². The third-order valence-electron chi connectivity index (χ3n) is 4.55. The first-order chi connectivity index (χ1) is 13.9. The van der Waals surface area contributed by atoms with E-state index in [1.165, 1.54) is 30.0 Å². The number of para-hydroxylation sites is 1. The second-order valence-corrected chi connectivity index (χ2v) is 7.89. The Labute approximate surface area is 170 Å². The van der Waals surface area contributed by atoms with Crippen molar-refractivity contribution >= 4 is 45.6 Å². The summed E-state index contributed by atoms with van der Waals surface area (Å²) >= 11 is 1.28. The highest BCUT2D eigenvalue weighted by Crippen LogP contribution is 2.28. The molecule has 0 saturated heterocycles. The molecular formula is C20H17N5O3S. The van der Waals surface area contributed by atoms with E-state index in [9.17, 15) is 14.9 Å². The smallest absolute Gasteiger partial charge is 0.271 e. The van der Waals surface area contributed by atoms with Gasteiger partial charge in [-0.15, -0.1) is 10.2 Å². The number of nitrogens with zero attached hydrogens (tertiary/aromatic N) is 4. The van der Waals surface area contributed by atoms with Crippen molar-refractivity contribution in [1.82, 2.24) is 14.6 Å². The van der Waals surface area contributed by atoms with Crippen LogP contribution in [0.15, 0.2) is 59.8 Å². The highest BCUT2D eigenvalue weighted by atomic mass is 32.2. The molecule has 8 nitrogen and oxygen atoms in total.